The topological polar surface area (TPSA) is 38.0 Å². The number of nitrogens with one attached hydrogen (secondary N) is 1. The third-order valence-corrected chi connectivity index (χ3v) is 2.87. The van der Waals surface area contributed by atoms with Gasteiger partial charge in [-0.3, -0.25) is 0 Å². The lowest BCUT2D eigenvalue weighted by molar-refractivity contribution is 0.295. The predicted octanol–water partition coefficient (Wildman–Crippen LogP) is 1.20. The van der Waals surface area contributed by atoms with Gasteiger partial charge in [0, 0.05) is 18.6 Å². The van der Waals surface area contributed by atoms with E-state index in [2.05, 4.69) is 5.32 Å². The third kappa shape index (κ3) is 2.33. The Hall–Kier alpha value is -1.00. The van der Waals surface area contributed by atoms with Gasteiger partial charge in [0.1, 0.15) is 11.6 Å². The van der Waals surface area contributed by atoms with Gasteiger partial charge < -0.3 is 11.1 Å². The molecule has 2 unspecified atom stereocenters. The highest BCUT2D eigenvalue weighted by Crippen LogP contribution is 2.15. The molecule has 0 aliphatic carbocycles. The molecule has 15 heavy (non-hydrogen) atoms. The van der Waals surface area contributed by atoms with E-state index >= 15 is 0 Å². The normalized spacial score (nSPS) is 25.0. The van der Waals surface area contributed by atoms with Crippen LogP contribution >= 0.6 is 0 Å². The van der Waals surface area contributed by atoms with Gasteiger partial charge in [-0.15, -0.1) is 0 Å². The second-order valence-electron chi connectivity index (χ2n) is 3.95. The molecule has 1 saturated heterocycles. The molecular weight excluding hydrogens is 198 g/mol. The summed E-state index contributed by atoms with van der Waals surface area (Å²) in [6.07, 6.45) is 1.27. The highest BCUT2D eigenvalue weighted by Gasteiger charge is 2.26. The molecule has 0 radical (unpaired) electrons. The average Bonchev–Trinajstić information content (AvgIpc) is 2.21. The number of rotatable bonds is 3. The van der Waals surface area contributed by atoms with Crippen molar-refractivity contribution in [2.45, 2.75) is 24.9 Å². The van der Waals surface area contributed by atoms with Crippen LogP contribution < -0.4 is 11.1 Å². The lowest BCUT2D eigenvalue weighted by atomic mass is 9.94. The van der Waals surface area contributed by atoms with E-state index in [1.165, 1.54) is 12.1 Å². The number of benzene rings is 1. The molecule has 3 N–H and O–H groups in total. The fourth-order valence-electron chi connectivity index (χ4n) is 1.78. The Balaban J connectivity index is 1.95. The van der Waals surface area contributed by atoms with Crippen molar-refractivity contribution in [3.05, 3.63) is 35.4 Å². The molecule has 0 spiro atoms. The van der Waals surface area contributed by atoms with Gasteiger partial charge in [0.2, 0.25) is 0 Å². The molecule has 2 atom stereocenters. The zero-order chi connectivity index (χ0) is 10.8. The van der Waals surface area contributed by atoms with Crippen LogP contribution in [0.25, 0.3) is 0 Å². The molecular formula is C11H14F2N2. The summed E-state index contributed by atoms with van der Waals surface area (Å²) in [5.74, 6) is -0.735. The van der Waals surface area contributed by atoms with Crippen molar-refractivity contribution in [3.63, 3.8) is 0 Å². The van der Waals surface area contributed by atoms with Crippen molar-refractivity contribution < 1.29 is 8.78 Å². The molecule has 0 amide bonds. The maximum absolute atomic E-state index is 13.2. The van der Waals surface area contributed by atoms with Crippen LogP contribution in [0.2, 0.25) is 0 Å². The predicted molar refractivity (Wildman–Crippen MR) is 54.4 cm³/mol. The quantitative estimate of drug-likeness (QED) is 0.790. The molecule has 4 heteroatoms. The Bertz CT molecular complexity index is 354. The number of hydrogen-bond donors (Lipinski definition) is 2. The van der Waals surface area contributed by atoms with Crippen LogP contribution in [-0.4, -0.2) is 18.6 Å². The summed E-state index contributed by atoms with van der Waals surface area (Å²) < 4.78 is 26.1. The van der Waals surface area contributed by atoms with Gasteiger partial charge >= 0.3 is 0 Å². The molecule has 2 nitrogen and oxygen atoms in total. The molecule has 2 rings (SSSR count). The first-order valence-corrected chi connectivity index (χ1v) is 5.09. The minimum Gasteiger partial charge on any atom is -0.325 e. The van der Waals surface area contributed by atoms with Gasteiger partial charge in [0.25, 0.3) is 0 Å². The minimum atomic E-state index is -0.391. The van der Waals surface area contributed by atoms with E-state index in [4.69, 9.17) is 5.73 Å². The maximum atomic E-state index is 13.2. The first-order valence-electron chi connectivity index (χ1n) is 5.09. The van der Waals surface area contributed by atoms with Crippen molar-refractivity contribution in [1.82, 2.24) is 5.32 Å². The van der Waals surface area contributed by atoms with Crippen LogP contribution in [0, 0.1) is 11.6 Å². The summed E-state index contributed by atoms with van der Waals surface area (Å²) in [4.78, 5) is 0. The number of halogens is 2. The number of aryl methyl sites for hydroxylation is 1. The van der Waals surface area contributed by atoms with E-state index in [0.717, 1.165) is 19.0 Å². The smallest absolute Gasteiger partial charge is 0.126 e. The molecule has 0 aromatic heterocycles. The Morgan fingerprint density at radius 3 is 2.80 bits per heavy atom. The Labute approximate surface area is 87.5 Å². The van der Waals surface area contributed by atoms with E-state index < -0.39 is 5.82 Å². The average molecular weight is 212 g/mol. The first kappa shape index (κ1) is 10.5. The van der Waals surface area contributed by atoms with Gasteiger partial charge in [0.15, 0.2) is 0 Å². The van der Waals surface area contributed by atoms with Crippen LogP contribution in [0.4, 0.5) is 8.78 Å². The summed E-state index contributed by atoms with van der Waals surface area (Å²) in [6, 6.07) is 3.94. The molecule has 0 bridgehead atoms. The van der Waals surface area contributed by atoms with Gasteiger partial charge in [-0.2, -0.15) is 0 Å². The maximum Gasteiger partial charge on any atom is 0.126 e. The van der Waals surface area contributed by atoms with E-state index in [-0.39, 0.29) is 17.9 Å². The van der Waals surface area contributed by atoms with Crippen LogP contribution in [0.3, 0.4) is 0 Å². The monoisotopic (exact) mass is 212 g/mol. The molecule has 1 aliphatic rings. The van der Waals surface area contributed by atoms with Crippen molar-refractivity contribution in [2.24, 2.45) is 5.73 Å². The largest absolute Gasteiger partial charge is 0.325 e. The summed E-state index contributed by atoms with van der Waals surface area (Å²) in [5, 5.41) is 3.16. The molecule has 0 saturated carbocycles. The van der Waals surface area contributed by atoms with E-state index in [0.29, 0.717) is 12.0 Å². The molecule has 1 aromatic carbocycles. The van der Waals surface area contributed by atoms with Crippen molar-refractivity contribution in [2.75, 3.05) is 6.54 Å². The van der Waals surface area contributed by atoms with Crippen LogP contribution in [-0.2, 0) is 6.42 Å². The molecule has 1 aromatic rings. The third-order valence-electron chi connectivity index (χ3n) is 2.87. The zero-order valence-electron chi connectivity index (χ0n) is 8.34. The number of nitrogens with two attached hydrogens (primary N) is 1. The van der Waals surface area contributed by atoms with Gasteiger partial charge in [-0.05, 0) is 36.6 Å². The molecule has 1 fully saturated rings. The second kappa shape index (κ2) is 4.24. The Kier molecular flexibility index (Phi) is 2.98. The highest BCUT2D eigenvalue weighted by atomic mass is 19.1. The van der Waals surface area contributed by atoms with Crippen LogP contribution in [0.15, 0.2) is 18.2 Å². The summed E-state index contributed by atoms with van der Waals surface area (Å²) >= 11 is 0. The standard InChI is InChI=1S/C11H14F2N2/c12-8-2-3-9(13)7(5-8)1-4-11-10(14)6-15-11/h2-3,5,10-11,15H,1,4,6,14H2. The number of hydrogen-bond acceptors (Lipinski definition) is 2. The van der Waals surface area contributed by atoms with Crippen LogP contribution in [0.5, 0.6) is 0 Å². The highest BCUT2D eigenvalue weighted by molar-refractivity contribution is 5.19. The first-order chi connectivity index (χ1) is 7.16. The lowest BCUT2D eigenvalue weighted by Gasteiger charge is -2.35. The van der Waals surface area contributed by atoms with Crippen LogP contribution in [0.1, 0.15) is 12.0 Å². The second-order valence-corrected chi connectivity index (χ2v) is 3.95. The fraction of sp³-hybridized carbons (Fsp3) is 0.455. The lowest BCUT2D eigenvalue weighted by Crippen LogP contribution is -2.61. The van der Waals surface area contributed by atoms with Gasteiger partial charge in [0.05, 0.1) is 0 Å². The summed E-state index contributed by atoms with van der Waals surface area (Å²) in [5.41, 5.74) is 6.15. The van der Waals surface area contributed by atoms with E-state index in [9.17, 15) is 8.78 Å². The van der Waals surface area contributed by atoms with E-state index in [1.807, 2.05) is 0 Å². The van der Waals surface area contributed by atoms with Crippen molar-refractivity contribution >= 4 is 0 Å². The van der Waals surface area contributed by atoms with Crippen molar-refractivity contribution in [1.29, 1.82) is 0 Å². The van der Waals surface area contributed by atoms with E-state index in [1.54, 1.807) is 0 Å². The fourth-order valence-corrected chi connectivity index (χ4v) is 1.78. The molecule has 1 heterocycles. The van der Waals surface area contributed by atoms with Gasteiger partial charge in [-0.1, -0.05) is 0 Å². The minimum absolute atomic E-state index is 0.154. The van der Waals surface area contributed by atoms with Gasteiger partial charge in [-0.25, -0.2) is 8.78 Å². The Morgan fingerprint density at radius 2 is 2.20 bits per heavy atom. The summed E-state index contributed by atoms with van der Waals surface area (Å²) in [7, 11) is 0. The Morgan fingerprint density at radius 1 is 1.40 bits per heavy atom. The van der Waals surface area contributed by atoms with Crippen molar-refractivity contribution in [3.8, 4) is 0 Å². The molecule has 1 aliphatic heterocycles. The molecule has 82 valence electrons. The SMILES string of the molecule is NC1CNC1CCc1cc(F)ccc1F. The zero-order valence-corrected chi connectivity index (χ0v) is 8.34. The summed E-state index contributed by atoms with van der Waals surface area (Å²) in [6.45, 7) is 0.816.